The average Bonchev–Trinajstić information content (AvgIpc) is 3.49. The molecular formula is C23H21N5O3. The molecule has 2 aromatic heterocycles. The topological polar surface area (TPSA) is 85.3 Å². The maximum absolute atomic E-state index is 13.2. The number of H-pyrrole nitrogens is 1. The van der Waals surface area contributed by atoms with Crippen LogP contribution in [0.4, 0.5) is 0 Å². The Labute approximate surface area is 179 Å². The van der Waals surface area contributed by atoms with E-state index >= 15 is 0 Å². The van der Waals surface area contributed by atoms with E-state index in [0.29, 0.717) is 42.5 Å². The van der Waals surface area contributed by atoms with Gasteiger partial charge in [0.1, 0.15) is 13.2 Å². The highest BCUT2D eigenvalue weighted by Gasteiger charge is 2.21. The van der Waals surface area contributed by atoms with Crippen LogP contribution in [-0.4, -0.2) is 51.0 Å². The molecule has 0 saturated carbocycles. The van der Waals surface area contributed by atoms with Crippen LogP contribution in [0.2, 0.25) is 0 Å². The van der Waals surface area contributed by atoms with Gasteiger partial charge in [-0.3, -0.25) is 9.89 Å². The summed E-state index contributed by atoms with van der Waals surface area (Å²) in [6.45, 7) is 1.47. The molecule has 0 saturated heterocycles. The van der Waals surface area contributed by atoms with Gasteiger partial charge < -0.3 is 14.4 Å². The normalized spacial score (nSPS) is 12.5. The van der Waals surface area contributed by atoms with Crippen LogP contribution in [0.3, 0.4) is 0 Å². The molecule has 0 atom stereocenters. The zero-order chi connectivity index (χ0) is 21.2. The third kappa shape index (κ3) is 3.75. The van der Waals surface area contributed by atoms with Gasteiger partial charge >= 0.3 is 0 Å². The molecule has 3 heterocycles. The molecule has 0 aliphatic carbocycles. The highest BCUT2D eigenvalue weighted by atomic mass is 16.6. The van der Waals surface area contributed by atoms with Crippen LogP contribution in [-0.2, 0) is 6.54 Å². The number of aromatic amines is 1. The van der Waals surface area contributed by atoms with Crippen molar-refractivity contribution in [3.63, 3.8) is 0 Å². The summed E-state index contributed by atoms with van der Waals surface area (Å²) in [6.07, 6.45) is 5.25. The van der Waals surface area contributed by atoms with E-state index in [-0.39, 0.29) is 5.91 Å². The number of nitrogens with one attached hydrogen (secondary N) is 1. The van der Waals surface area contributed by atoms with Crippen molar-refractivity contribution in [2.45, 2.75) is 6.54 Å². The number of carbonyl (C=O) groups excluding carboxylic acids is 1. The van der Waals surface area contributed by atoms with Crippen LogP contribution in [0.5, 0.6) is 11.5 Å². The summed E-state index contributed by atoms with van der Waals surface area (Å²) < 4.78 is 13.0. The number of hydrogen-bond donors (Lipinski definition) is 1. The van der Waals surface area contributed by atoms with Gasteiger partial charge in [-0.15, -0.1) is 0 Å². The molecule has 2 aromatic carbocycles. The molecule has 0 bridgehead atoms. The number of rotatable bonds is 5. The summed E-state index contributed by atoms with van der Waals surface area (Å²) in [4.78, 5) is 14.8. The minimum Gasteiger partial charge on any atom is -0.486 e. The number of fused-ring (bicyclic) bond motifs is 1. The lowest BCUT2D eigenvalue weighted by molar-refractivity contribution is 0.0786. The zero-order valence-electron chi connectivity index (χ0n) is 17.0. The van der Waals surface area contributed by atoms with Crippen molar-refractivity contribution in [2.75, 3.05) is 20.3 Å². The highest BCUT2D eigenvalue weighted by molar-refractivity contribution is 5.99. The lowest BCUT2D eigenvalue weighted by Crippen LogP contribution is -2.26. The summed E-state index contributed by atoms with van der Waals surface area (Å²) in [5.74, 6) is 1.24. The third-order valence-electron chi connectivity index (χ3n) is 5.12. The van der Waals surface area contributed by atoms with Crippen molar-refractivity contribution in [3.8, 4) is 28.4 Å². The van der Waals surface area contributed by atoms with Crippen LogP contribution >= 0.6 is 0 Å². The SMILES string of the molecule is CN(Cc1cnn(-c2ccccc2)c1)C(=O)c1cn[nH]c1-c1ccc2c(c1)OCCO2. The van der Waals surface area contributed by atoms with Gasteiger partial charge in [0, 0.05) is 30.9 Å². The summed E-state index contributed by atoms with van der Waals surface area (Å²) in [5, 5.41) is 11.4. The molecule has 0 radical (unpaired) electrons. The maximum Gasteiger partial charge on any atom is 0.257 e. The number of nitrogens with zero attached hydrogens (tertiary/aromatic N) is 4. The van der Waals surface area contributed by atoms with Crippen molar-refractivity contribution in [3.05, 3.63) is 78.2 Å². The smallest absolute Gasteiger partial charge is 0.257 e. The largest absolute Gasteiger partial charge is 0.486 e. The first-order valence-electron chi connectivity index (χ1n) is 9.97. The second-order valence-corrected chi connectivity index (χ2v) is 7.31. The first kappa shape index (κ1) is 18.9. The Balaban J connectivity index is 1.34. The lowest BCUT2D eigenvalue weighted by atomic mass is 10.1. The van der Waals surface area contributed by atoms with E-state index in [4.69, 9.17) is 9.47 Å². The van der Waals surface area contributed by atoms with E-state index < -0.39 is 0 Å². The van der Waals surface area contributed by atoms with Crippen molar-refractivity contribution >= 4 is 5.91 Å². The van der Waals surface area contributed by atoms with Crippen molar-refractivity contribution < 1.29 is 14.3 Å². The fourth-order valence-corrected chi connectivity index (χ4v) is 3.58. The van der Waals surface area contributed by atoms with Crippen LogP contribution in [0.25, 0.3) is 16.9 Å². The van der Waals surface area contributed by atoms with E-state index in [2.05, 4.69) is 15.3 Å². The minimum atomic E-state index is -0.133. The summed E-state index contributed by atoms with van der Waals surface area (Å²) in [7, 11) is 1.77. The molecule has 8 nitrogen and oxygen atoms in total. The van der Waals surface area contributed by atoms with Crippen LogP contribution in [0.1, 0.15) is 15.9 Å². The second-order valence-electron chi connectivity index (χ2n) is 7.31. The standard InChI is InChI=1S/C23H21N5O3/c1-27(14-16-12-25-28(15-16)18-5-3-2-4-6-18)23(29)19-13-24-26-22(19)17-7-8-20-21(11-17)31-10-9-30-20/h2-8,11-13,15H,9-10,14H2,1H3,(H,24,26). The van der Waals surface area contributed by atoms with Gasteiger partial charge in [0.25, 0.3) is 5.91 Å². The fraction of sp³-hybridized carbons (Fsp3) is 0.174. The van der Waals surface area contributed by atoms with Crippen molar-refractivity contribution in [1.29, 1.82) is 0 Å². The number of hydrogen-bond acceptors (Lipinski definition) is 5. The number of ether oxygens (including phenoxy) is 2. The molecule has 0 spiro atoms. The molecule has 8 heteroatoms. The van der Waals surface area contributed by atoms with Gasteiger partial charge in [0.2, 0.25) is 0 Å². The lowest BCUT2D eigenvalue weighted by Gasteiger charge is -2.19. The molecule has 1 aliphatic rings. The van der Waals surface area contributed by atoms with Gasteiger partial charge in [0.05, 0.1) is 29.3 Å². The summed E-state index contributed by atoms with van der Waals surface area (Å²) >= 11 is 0. The first-order chi connectivity index (χ1) is 15.2. The average molecular weight is 415 g/mol. The minimum absolute atomic E-state index is 0.133. The Kier molecular flexibility index (Phi) is 4.87. The van der Waals surface area contributed by atoms with E-state index in [1.807, 2.05) is 54.7 Å². The molecule has 1 N–H and O–H groups in total. The van der Waals surface area contributed by atoms with E-state index in [0.717, 1.165) is 16.8 Å². The van der Waals surface area contributed by atoms with Crippen molar-refractivity contribution in [2.24, 2.45) is 0 Å². The molecule has 1 amide bonds. The van der Waals surface area contributed by atoms with Gasteiger partial charge in [-0.2, -0.15) is 10.2 Å². The van der Waals surface area contributed by atoms with Gasteiger partial charge in [-0.05, 0) is 30.3 Å². The molecule has 5 rings (SSSR count). The zero-order valence-corrected chi connectivity index (χ0v) is 17.0. The number of amides is 1. The van der Waals surface area contributed by atoms with Gasteiger partial charge in [-0.25, -0.2) is 4.68 Å². The molecule has 0 fully saturated rings. The fourth-order valence-electron chi connectivity index (χ4n) is 3.58. The van der Waals surface area contributed by atoms with E-state index in [1.165, 1.54) is 0 Å². The Morgan fingerprint density at radius 2 is 1.90 bits per heavy atom. The molecule has 31 heavy (non-hydrogen) atoms. The molecule has 0 unspecified atom stereocenters. The van der Waals surface area contributed by atoms with Gasteiger partial charge in [0.15, 0.2) is 11.5 Å². The molecule has 156 valence electrons. The quantitative estimate of drug-likeness (QED) is 0.541. The molecule has 4 aromatic rings. The maximum atomic E-state index is 13.2. The summed E-state index contributed by atoms with van der Waals surface area (Å²) in [6, 6.07) is 15.5. The Morgan fingerprint density at radius 3 is 2.74 bits per heavy atom. The second kappa shape index (κ2) is 7.98. The molecule has 1 aliphatic heterocycles. The Morgan fingerprint density at radius 1 is 1.10 bits per heavy atom. The monoisotopic (exact) mass is 415 g/mol. The number of aromatic nitrogens is 4. The number of para-hydroxylation sites is 1. The van der Waals surface area contributed by atoms with Crippen molar-refractivity contribution in [1.82, 2.24) is 24.9 Å². The third-order valence-corrected chi connectivity index (χ3v) is 5.12. The first-order valence-corrected chi connectivity index (χ1v) is 9.97. The number of benzene rings is 2. The Hall–Kier alpha value is -4.07. The van der Waals surface area contributed by atoms with Crippen LogP contribution in [0.15, 0.2) is 67.1 Å². The highest BCUT2D eigenvalue weighted by Crippen LogP contribution is 2.35. The summed E-state index contributed by atoms with van der Waals surface area (Å²) in [5.41, 5.74) is 3.86. The molecular weight excluding hydrogens is 394 g/mol. The predicted molar refractivity (Wildman–Crippen MR) is 114 cm³/mol. The van der Waals surface area contributed by atoms with Crippen LogP contribution in [0, 0.1) is 0 Å². The van der Waals surface area contributed by atoms with Crippen LogP contribution < -0.4 is 9.47 Å². The number of carbonyl (C=O) groups is 1. The van der Waals surface area contributed by atoms with E-state index in [9.17, 15) is 4.79 Å². The van der Waals surface area contributed by atoms with Gasteiger partial charge in [-0.1, -0.05) is 18.2 Å². The predicted octanol–water partition coefficient (Wildman–Crippen LogP) is 3.31. The Bertz CT molecular complexity index is 1210. The van der Waals surface area contributed by atoms with E-state index in [1.54, 1.807) is 29.0 Å².